The molecule has 0 spiro atoms. The third-order valence-corrected chi connectivity index (χ3v) is 2.14. The predicted octanol–water partition coefficient (Wildman–Crippen LogP) is 3.10. The highest BCUT2D eigenvalue weighted by atomic mass is 16.3. The van der Waals surface area contributed by atoms with Gasteiger partial charge in [-0.2, -0.15) is 0 Å². The highest BCUT2D eigenvalue weighted by Crippen LogP contribution is 2.22. The molecule has 2 aromatic rings. The molecule has 1 aromatic heterocycles. The average molecular weight is 229 g/mol. The van der Waals surface area contributed by atoms with Gasteiger partial charge in [-0.3, -0.25) is 4.98 Å². The molecule has 0 saturated heterocycles. The van der Waals surface area contributed by atoms with E-state index in [9.17, 15) is 5.11 Å². The minimum Gasteiger partial charge on any atom is -0.506 e. The second-order valence-electron chi connectivity index (χ2n) is 3.05. The van der Waals surface area contributed by atoms with E-state index >= 15 is 0 Å². The van der Waals surface area contributed by atoms with Crippen molar-refractivity contribution in [3.8, 4) is 5.75 Å². The second-order valence-corrected chi connectivity index (χ2v) is 3.05. The molecule has 2 radical (unpaired) electrons. The van der Waals surface area contributed by atoms with Crippen molar-refractivity contribution in [1.29, 1.82) is 0 Å². The Balaban J connectivity index is 0.000000581. The van der Waals surface area contributed by atoms with Crippen molar-refractivity contribution in [2.75, 3.05) is 0 Å². The van der Waals surface area contributed by atoms with Gasteiger partial charge in [0, 0.05) is 10.9 Å². The molecule has 3 heteroatoms. The number of pyridine rings is 1. The molecule has 0 bridgehead atoms. The van der Waals surface area contributed by atoms with Crippen LogP contribution in [-0.2, 0) is 0 Å². The number of aryl methyl sites for hydroxylation is 1. The Morgan fingerprint density at radius 3 is 2.29 bits per heavy atom. The van der Waals surface area contributed by atoms with Gasteiger partial charge in [0.2, 0.25) is 0 Å². The molecule has 0 aliphatic carbocycles. The van der Waals surface area contributed by atoms with Crippen LogP contribution in [0.15, 0.2) is 24.4 Å². The van der Waals surface area contributed by atoms with Crippen LogP contribution in [0, 0.1) is 6.92 Å². The van der Waals surface area contributed by atoms with E-state index in [1.54, 1.807) is 12.1 Å². The number of aromatic hydroxyl groups is 1. The fraction of sp³-hybridized carbons (Fsp3) is 0.357. The Labute approximate surface area is 105 Å². The minimum atomic E-state index is 0.220. The molecule has 0 fully saturated rings. The van der Waals surface area contributed by atoms with Crippen LogP contribution in [-0.4, -0.2) is 17.9 Å². The van der Waals surface area contributed by atoms with Gasteiger partial charge in [-0.05, 0) is 13.0 Å². The minimum absolute atomic E-state index is 0.220. The van der Waals surface area contributed by atoms with Gasteiger partial charge in [-0.25, -0.2) is 0 Å². The van der Waals surface area contributed by atoms with Gasteiger partial charge in [-0.15, -0.1) is 0 Å². The van der Waals surface area contributed by atoms with Crippen LogP contribution in [0.5, 0.6) is 5.75 Å². The molecule has 2 nitrogen and oxygen atoms in total. The van der Waals surface area contributed by atoms with Gasteiger partial charge >= 0.3 is 0 Å². The van der Waals surface area contributed by atoms with Crippen molar-refractivity contribution < 1.29 is 5.11 Å². The summed E-state index contributed by atoms with van der Waals surface area (Å²) in [6.45, 7) is 9.86. The Bertz CT molecular complexity index is 469. The number of aromatic nitrogens is 1. The molecule has 0 atom stereocenters. The van der Waals surface area contributed by atoms with Gasteiger partial charge < -0.3 is 5.11 Å². The standard InChI is InChI=1S/C10H8BNO.2C2H6/c1-6-8-3-2-7(11)4-9(8)12-5-10(6)13;2*1-2/h2-5,13H,1H3;2*1-2H3. The van der Waals surface area contributed by atoms with Crippen LogP contribution in [0.2, 0.25) is 0 Å². The SMILES string of the molecule is CC.CC.[B]c1ccc2c(C)c(O)cnc2c1. The first-order chi connectivity index (χ1) is 8.18. The van der Waals surface area contributed by atoms with Gasteiger partial charge in [0.05, 0.1) is 11.7 Å². The van der Waals surface area contributed by atoms with Crippen molar-refractivity contribution in [1.82, 2.24) is 4.98 Å². The van der Waals surface area contributed by atoms with Crippen molar-refractivity contribution >= 4 is 24.2 Å². The molecular weight excluding hydrogens is 209 g/mol. The van der Waals surface area contributed by atoms with Gasteiger partial charge in [0.25, 0.3) is 0 Å². The topological polar surface area (TPSA) is 33.1 Å². The zero-order valence-corrected chi connectivity index (χ0v) is 11.3. The smallest absolute Gasteiger partial charge is 0.137 e. The Hall–Kier alpha value is -1.51. The summed E-state index contributed by atoms with van der Waals surface area (Å²) in [4.78, 5) is 4.07. The number of nitrogens with zero attached hydrogens (tertiary/aromatic N) is 1. The van der Waals surface area contributed by atoms with E-state index < -0.39 is 0 Å². The fourth-order valence-electron chi connectivity index (χ4n) is 1.34. The monoisotopic (exact) mass is 229 g/mol. The number of hydrogen-bond donors (Lipinski definition) is 1. The number of rotatable bonds is 0. The molecule has 0 aliphatic heterocycles. The highest BCUT2D eigenvalue weighted by Gasteiger charge is 2.02. The van der Waals surface area contributed by atoms with Gasteiger partial charge in [0.15, 0.2) is 0 Å². The maximum Gasteiger partial charge on any atom is 0.137 e. The molecule has 2 rings (SSSR count). The van der Waals surface area contributed by atoms with E-state index in [0.29, 0.717) is 5.46 Å². The summed E-state index contributed by atoms with van der Waals surface area (Å²) in [7, 11) is 5.61. The van der Waals surface area contributed by atoms with Gasteiger partial charge in [-0.1, -0.05) is 45.3 Å². The van der Waals surface area contributed by atoms with Crippen LogP contribution in [0.25, 0.3) is 10.9 Å². The Morgan fingerprint density at radius 2 is 1.71 bits per heavy atom. The molecule has 1 aromatic carbocycles. The van der Waals surface area contributed by atoms with Crippen LogP contribution >= 0.6 is 0 Å². The maximum atomic E-state index is 9.39. The number of hydrogen-bond acceptors (Lipinski definition) is 2. The van der Waals surface area contributed by atoms with E-state index in [0.717, 1.165) is 16.5 Å². The second kappa shape index (κ2) is 7.72. The first-order valence-corrected chi connectivity index (χ1v) is 6.02. The van der Waals surface area contributed by atoms with E-state index in [1.165, 1.54) is 6.20 Å². The average Bonchev–Trinajstić information content (AvgIpc) is 2.39. The highest BCUT2D eigenvalue weighted by molar-refractivity contribution is 6.33. The van der Waals surface area contributed by atoms with E-state index in [-0.39, 0.29) is 5.75 Å². The zero-order valence-electron chi connectivity index (χ0n) is 11.3. The summed E-state index contributed by atoms with van der Waals surface area (Å²) in [6.07, 6.45) is 1.44. The van der Waals surface area contributed by atoms with Crippen LogP contribution in [0.1, 0.15) is 33.3 Å². The normalized spacial score (nSPS) is 8.76. The molecule has 0 amide bonds. The first kappa shape index (κ1) is 15.5. The zero-order chi connectivity index (χ0) is 13.4. The van der Waals surface area contributed by atoms with Crippen molar-refractivity contribution in [3.05, 3.63) is 30.0 Å². The summed E-state index contributed by atoms with van der Waals surface area (Å²) in [5.41, 5.74) is 2.34. The lowest BCUT2D eigenvalue weighted by molar-refractivity contribution is 0.470. The molecule has 90 valence electrons. The summed E-state index contributed by atoms with van der Waals surface area (Å²) in [5, 5.41) is 10.3. The maximum absolute atomic E-state index is 9.39. The molecule has 1 heterocycles. The summed E-state index contributed by atoms with van der Waals surface area (Å²) in [5.74, 6) is 0.220. The van der Waals surface area contributed by atoms with E-state index in [4.69, 9.17) is 7.85 Å². The fourth-order valence-corrected chi connectivity index (χ4v) is 1.34. The van der Waals surface area contributed by atoms with Crippen molar-refractivity contribution in [2.45, 2.75) is 34.6 Å². The Morgan fingerprint density at radius 1 is 1.12 bits per heavy atom. The van der Waals surface area contributed by atoms with Crippen molar-refractivity contribution in [2.24, 2.45) is 0 Å². The lowest BCUT2D eigenvalue weighted by atomic mass is 9.94. The molecule has 0 aliphatic rings. The lowest BCUT2D eigenvalue weighted by Crippen LogP contribution is -2.00. The molecular formula is C14H20BNO. The molecule has 17 heavy (non-hydrogen) atoms. The summed E-state index contributed by atoms with van der Waals surface area (Å²) < 4.78 is 0. The molecule has 0 saturated carbocycles. The largest absolute Gasteiger partial charge is 0.506 e. The van der Waals surface area contributed by atoms with Crippen LogP contribution in [0.4, 0.5) is 0 Å². The first-order valence-electron chi connectivity index (χ1n) is 6.02. The Kier molecular flexibility index (Phi) is 7.03. The molecule has 1 N–H and O–H groups in total. The third-order valence-electron chi connectivity index (χ3n) is 2.14. The third kappa shape index (κ3) is 3.77. The number of benzene rings is 1. The van der Waals surface area contributed by atoms with Crippen molar-refractivity contribution in [3.63, 3.8) is 0 Å². The number of fused-ring (bicyclic) bond motifs is 1. The summed E-state index contributed by atoms with van der Waals surface area (Å²) in [6, 6.07) is 5.46. The lowest BCUT2D eigenvalue weighted by Gasteiger charge is -2.03. The predicted molar refractivity (Wildman–Crippen MR) is 76.2 cm³/mol. The van der Waals surface area contributed by atoms with Gasteiger partial charge in [0.1, 0.15) is 13.6 Å². The molecule has 0 unspecified atom stereocenters. The van der Waals surface area contributed by atoms with E-state index in [1.807, 2.05) is 40.7 Å². The van der Waals surface area contributed by atoms with Crippen LogP contribution < -0.4 is 5.46 Å². The van der Waals surface area contributed by atoms with E-state index in [2.05, 4.69) is 4.98 Å². The van der Waals surface area contributed by atoms with Crippen LogP contribution in [0.3, 0.4) is 0 Å². The quantitative estimate of drug-likeness (QED) is 0.704. The summed E-state index contributed by atoms with van der Waals surface area (Å²) >= 11 is 0.